The van der Waals surface area contributed by atoms with Crippen molar-refractivity contribution in [3.63, 3.8) is 0 Å². The lowest BCUT2D eigenvalue weighted by molar-refractivity contribution is -0.137. The zero-order valence-corrected chi connectivity index (χ0v) is 22.8. The molecule has 0 bridgehead atoms. The number of aromatic nitrogens is 4. The highest BCUT2D eigenvalue weighted by atomic mass is 35.5. The molecule has 4 rings (SSSR count). The van der Waals surface area contributed by atoms with E-state index < -0.39 is 46.4 Å². The third-order valence-electron chi connectivity index (χ3n) is 7.06. The van der Waals surface area contributed by atoms with Crippen molar-refractivity contribution in [2.45, 2.75) is 76.9 Å². The number of nitrogens with zero attached hydrogens (tertiary/aromatic N) is 5. The Bertz CT molecular complexity index is 1470. The van der Waals surface area contributed by atoms with Gasteiger partial charge in [0.1, 0.15) is 23.4 Å². The minimum absolute atomic E-state index is 0.160. The summed E-state index contributed by atoms with van der Waals surface area (Å²) >= 11 is 5.84. The van der Waals surface area contributed by atoms with Crippen LogP contribution in [0.25, 0.3) is 16.6 Å². The van der Waals surface area contributed by atoms with Crippen molar-refractivity contribution in [2.24, 2.45) is 0 Å². The van der Waals surface area contributed by atoms with Gasteiger partial charge in [-0.25, -0.2) is 0 Å². The van der Waals surface area contributed by atoms with Gasteiger partial charge in [0.05, 0.1) is 25.3 Å². The van der Waals surface area contributed by atoms with E-state index in [0.717, 1.165) is 44.2 Å². The first-order chi connectivity index (χ1) is 19.3. The average Bonchev–Trinajstić information content (AvgIpc) is 3.32. The molecule has 1 aromatic carbocycles. The maximum absolute atomic E-state index is 14.0. The Balaban J connectivity index is 1.93. The largest absolute Gasteiger partial charge is 0.508 e. The maximum Gasteiger partial charge on any atom is 0.419 e. The molecule has 0 amide bonds. The number of rotatable bonds is 10. The van der Waals surface area contributed by atoms with Crippen LogP contribution in [0.4, 0.5) is 13.2 Å². The summed E-state index contributed by atoms with van der Waals surface area (Å²) in [6.45, 7) is 2.52. The van der Waals surface area contributed by atoms with E-state index in [1.54, 1.807) is 7.05 Å². The number of ether oxygens (including phenoxy) is 1. The quantitative estimate of drug-likeness (QED) is 0.295. The van der Waals surface area contributed by atoms with Crippen molar-refractivity contribution in [3.8, 4) is 17.4 Å². The van der Waals surface area contributed by atoms with E-state index in [1.165, 1.54) is 6.20 Å². The van der Waals surface area contributed by atoms with E-state index in [2.05, 4.69) is 22.0 Å². The molecule has 0 saturated carbocycles. The van der Waals surface area contributed by atoms with Crippen molar-refractivity contribution in [3.05, 3.63) is 45.0 Å². The molecule has 2 aromatic heterocycles. The number of benzene rings is 1. The normalized spacial score (nSPS) is 18.3. The molecular formula is C27H33ClF3N5O3. The monoisotopic (exact) mass is 569 g/mol. The molecule has 212 valence electrons. The molecule has 0 spiro atoms. The fourth-order valence-corrected chi connectivity index (χ4v) is 5.25. The van der Waals surface area contributed by atoms with E-state index in [0.29, 0.717) is 29.8 Å². The number of hydrogen-bond acceptors (Lipinski definition) is 7. The van der Waals surface area contributed by atoms with Gasteiger partial charge in [0, 0.05) is 23.4 Å². The Morgan fingerprint density at radius 2 is 2.05 bits per heavy atom. The average molecular weight is 570 g/mol. The molecule has 1 aliphatic rings. The zero-order chi connectivity index (χ0) is 30.1. The van der Waals surface area contributed by atoms with Crippen LogP contribution in [-0.2, 0) is 6.18 Å². The van der Waals surface area contributed by atoms with E-state index in [1.807, 2.05) is 11.8 Å². The van der Waals surface area contributed by atoms with Crippen LogP contribution in [0.5, 0.6) is 11.8 Å². The molecule has 1 N–H and O–H groups in total. The molecule has 2 atom stereocenters. The summed E-state index contributed by atoms with van der Waals surface area (Å²) in [7, 11) is 1.79. The Morgan fingerprint density at radius 1 is 1.28 bits per heavy atom. The van der Waals surface area contributed by atoms with Crippen molar-refractivity contribution in [2.75, 3.05) is 20.2 Å². The van der Waals surface area contributed by atoms with E-state index in [9.17, 15) is 23.1 Å². The third-order valence-corrected chi connectivity index (χ3v) is 7.36. The molecule has 12 heteroatoms. The van der Waals surface area contributed by atoms with Gasteiger partial charge in [-0.15, -0.1) is 0 Å². The van der Waals surface area contributed by atoms with Gasteiger partial charge in [-0.05, 0) is 45.3 Å². The molecule has 1 aliphatic heterocycles. The summed E-state index contributed by atoms with van der Waals surface area (Å²) in [5.74, 6) is -0.748. The Kier molecular flexibility index (Phi) is 8.15. The molecule has 39 heavy (non-hydrogen) atoms. The van der Waals surface area contributed by atoms with E-state index in [-0.39, 0.29) is 22.8 Å². The zero-order valence-electron chi connectivity index (χ0n) is 24.1. The topological polar surface area (TPSA) is 93.4 Å². The standard InChI is InChI=1S/C27H33ClF3N5O3/c1-4-6-7-9-16(5-2)23-19-14-32-36(21-13-18(37)12-20(28)22(21)27(29,30)31)25(38)24(19)34-26(33-23)39-15-17-10-8-11-35(17)3/h12-14,16-17,37H,4-11,15H2,1-3H3/t16?,17-/m0/s1/i15D2. The number of likely N-dealkylation sites (N-methyl/N-ethyl adjacent to an activating group) is 1. The van der Waals surface area contributed by atoms with Crippen LogP contribution in [-0.4, -0.2) is 55.9 Å². The van der Waals surface area contributed by atoms with Crippen molar-refractivity contribution in [1.29, 1.82) is 0 Å². The smallest absolute Gasteiger partial charge is 0.419 e. The van der Waals surface area contributed by atoms with Crippen molar-refractivity contribution in [1.82, 2.24) is 24.6 Å². The van der Waals surface area contributed by atoms with Gasteiger partial charge < -0.3 is 14.7 Å². The molecule has 3 aromatic rings. The number of phenols is 1. The summed E-state index contributed by atoms with van der Waals surface area (Å²) in [6.07, 6.45) is 1.79. The second kappa shape index (κ2) is 12.1. The second-order valence-corrected chi connectivity index (χ2v) is 10.2. The van der Waals surface area contributed by atoms with Crippen LogP contribution in [0.15, 0.2) is 23.1 Å². The fraction of sp³-hybridized carbons (Fsp3) is 0.556. The SMILES string of the molecule is [2H]C([2H])(Oc1nc(C(CC)CCCCC)c2cnn(-c3cc(O)cc(Cl)c3C(F)(F)F)c(=O)c2n1)[C@@H]1CCCN1C. The number of aromatic hydroxyl groups is 1. The molecule has 8 nitrogen and oxygen atoms in total. The van der Waals surface area contributed by atoms with Gasteiger partial charge in [-0.2, -0.15) is 32.9 Å². The summed E-state index contributed by atoms with van der Waals surface area (Å²) in [5.41, 5.74) is -3.00. The summed E-state index contributed by atoms with van der Waals surface area (Å²) < 4.78 is 65.3. The predicted molar refractivity (Wildman–Crippen MR) is 143 cm³/mol. The van der Waals surface area contributed by atoms with Crippen LogP contribution in [0.1, 0.15) is 78.7 Å². The van der Waals surface area contributed by atoms with Gasteiger partial charge in [0.15, 0.2) is 0 Å². The van der Waals surface area contributed by atoms with E-state index in [4.69, 9.17) is 19.1 Å². The summed E-state index contributed by atoms with van der Waals surface area (Å²) in [5, 5.41) is 13.5. The first-order valence-corrected chi connectivity index (χ1v) is 13.5. The molecule has 1 unspecified atom stereocenters. The van der Waals surface area contributed by atoms with Crippen LogP contribution < -0.4 is 10.3 Å². The molecule has 3 heterocycles. The lowest BCUT2D eigenvalue weighted by atomic mass is 9.93. The first kappa shape index (κ1) is 26.3. The van der Waals surface area contributed by atoms with Crippen LogP contribution in [0.3, 0.4) is 0 Å². The maximum atomic E-state index is 14.0. The second-order valence-electron chi connectivity index (χ2n) is 9.79. The number of unbranched alkanes of at least 4 members (excludes halogenated alkanes) is 2. The van der Waals surface area contributed by atoms with Crippen LogP contribution in [0.2, 0.25) is 5.02 Å². The summed E-state index contributed by atoms with van der Waals surface area (Å²) in [6, 6.07) is 0.528. The van der Waals surface area contributed by atoms with Gasteiger partial charge in [-0.3, -0.25) is 4.79 Å². The number of likely N-dealkylation sites (tertiary alicyclic amines) is 1. The number of hydrogen-bond donors (Lipinski definition) is 1. The Labute approximate surface area is 232 Å². The number of halogens is 4. The van der Waals surface area contributed by atoms with Gasteiger partial charge >= 0.3 is 12.2 Å². The predicted octanol–water partition coefficient (Wildman–Crippen LogP) is 6.10. The van der Waals surface area contributed by atoms with Crippen molar-refractivity contribution >= 4 is 22.5 Å². The van der Waals surface area contributed by atoms with Crippen LogP contribution >= 0.6 is 11.6 Å². The minimum Gasteiger partial charge on any atom is -0.508 e. The van der Waals surface area contributed by atoms with Gasteiger partial charge in [0.25, 0.3) is 5.56 Å². The molecule has 0 radical (unpaired) electrons. The highest BCUT2D eigenvalue weighted by Crippen LogP contribution is 2.40. The first-order valence-electron chi connectivity index (χ1n) is 14.1. The lowest BCUT2D eigenvalue weighted by Crippen LogP contribution is -2.31. The van der Waals surface area contributed by atoms with E-state index >= 15 is 0 Å². The van der Waals surface area contributed by atoms with Gasteiger partial charge in [-0.1, -0.05) is 44.7 Å². The molecule has 0 aliphatic carbocycles. The number of phenolic OH excluding ortho intramolecular Hbond substituents is 1. The number of alkyl halides is 3. The highest BCUT2D eigenvalue weighted by Gasteiger charge is 2.38. The highest BCUT2D eigenvalue weighted by molar-refractivity contribution is 6.31. The molecule has 1 fully saturated rings. The third kappa shape index (κ3) is 6.30. The lowest BCUT2D eigenvalue weighted by Gasteiger charge is -2.21. The Hall–Kier alpha value is -2.92. The fourth-order valence-electron chi connectivity index (χ4n) is 4.93. The van der Waals surface area contributed by atoms with Gasteiger partial charge in [0.2, 0.25) is 0 Å². The minimum atomic E-state index is -4.96. The molecular weight excluding hydrogens is 535 g/mol. The Morgan fingerprint density at radius 3 is 2.69 bits per heavy atom. The number of fused-ring (bicyclic) bond motifs is 1. The molecule has 1 saturated heterocycles. The summed E-state index contributed by atoms with van der Waals surface area (Å²) in [4.78, 5) is 24.3. The van der Waals surface area contributed by atoms with Crippen molar-refractivity contribution < 1.29 is 25.8 Å². The van der Waals surface area contributed by atoms with Crippen LogP contribution in [0, 0.1) is 0 Å².